The fourth-order valence-corrected chi connectivity index (χ4v) is 24.5. The van der Waals surface area contributed by atoms with Crippen LogP contribution in [0.1, 0.15) is 153 Å². The summed E-state index contributed by atoms with van der Waals surface area (Å²) in [6, 6.07) is 36.8. The zero-order valence-corrected chi connectivity index (χ0v) is 79.8. The minimum absolute atomic E-state index is 0.00120. The van der Waals surface area contributed by atoms with Gasteiger partial charge in [-0.05, 0) is 129 Å². The Morgan fingerprint density at radius 3 is 1.35 bits per heavy atom. The highest BCUT2D eigenvalue weighted by Crippen LogP contribution is 2.44. The van der Waals surface area contributed by atoms with Gasteiger partial charge in [0.15, 0.2) is 58.5 Å². The Kier molecular flexibility index (Phi) is 29.5. The Labute approximate surface area is 799 Å². The fourth-order valence-electron chi connectivity index (χ4n) is 17.8. The molecule has 0 radical (unpaired) electrons. The molecule has 4 fully saturated rings. The molecule has 734 valence electrons. The fraction of sp³-hybridized carbons (Fsp3) is 0.354. The summed E-state index contributed by atoms with van der Waals surface area (Å²) >= 11 is 0. The number of hydrogen-bond donors (Lipinski definition) is 1. The predicted molar refractivity (Wildman–Crippen MR) is 505 cm³/mol. The van der Waals surface area contributed by atoms with E-state index in [0.717, 1.165) is 48.0 Å². The molecule has 0 saturated carbocycles. The molecular weight excluding hydrogens is 1890 g/mol. The number of aryl methyl sites for hydroxylation is 1. The van der Waals surface area contributed by atoms with Crippen molar-refractivity contribution in [2.24, 2.45) is 33.8 Å². The van der Waals surface area contributed by atoms with Gasteiger partial charge in [-0.1, -0.05) is 101 Å². The lowest BCUT2D eigenvalue weighted by Gasteiger charge is -2.37. The molecule has 4 aliphatic rings. The monoisotopic (exact) mass is 1990 g/mol. The predicted octanol–water partition coefficient (Wildman–Crippen LogP) is 17.7. The van der Waals surface area contributed by atoms with Gasteiger partial charge in [0, 0.05) is 151 Å². The molecule has 9 aromatic heterocycles. The van der Waals surface area contributed by atoms with Crippen LogP contribution in [0.3, 0.4) is 0 Å². The normalized spacial score (nSPS) is 16.5. The van der Waals surface area contributed by atoms with Crippen molar-refractivity contribution in [3.63, 3.8) is 0 Å². The first-order chi connectivity index (χ1) is 66.2. The van der Waals surface area contributed by atoms with Crippen LogP contribution in [0.25, 0.3) is 95.0 Å². The number of nitrogens with zero attached hydrogens (tertiary/aromatic N) is 13. The highest BCUT2D eigenvalue weighted by Gasteiger charge is 2.48. The molecule has 0 aliphatic carbocycles. The van der Waals surface area contributed by atoms with Crippen LogP contribution in [0.2, 0.25) is 0 Å². The number of carbonyl (C=O) groups is 5. The number of sulfone groups is 3. The van der Waals surface area contributed by atoms with E-state index in [0.29, 0.717) is 122 Å². The Morgan fingerprint density at radius 2 is 0.886 bits per heavy atom. The Morgan fingerprint density at radius 1 is 0.464 bits per heavy atom. The van der Waals surface area contributed by atoms with E-state index in [1.807, 2.05) is 55.8 Å². The van der Waals surface area contributed by atoms with Crippen LogP contribution < -0.4 is 24.7 Å². The topological polar surface area (TPSA) is 396 Å². The molecule has 41 heteroatoms. The first-order valence-corrected chi connectivity index (χ1v) is 50.1. The summed E-state index contributed by atoms with van der Waals surface area (Å²) in [5, 5.41) is 13.9. The summed E-state index contributed by atoms with van der Waals surface area (Å²) in [6.07, 6.45) is 9.01. The molecule has 4 saturated heterocycles. The van der Waals surface area contributed by atoms with Gasteiger partial charge in [-0.15, -0.1) is 0 Å². The second kappa shape index (κ2) is 41.0. The van der Waals surface area contributed by atoms with E-state index in [1.165, 1.54) is 86.5 Å². The zero-order valence-electron chi connectivity index (χ0n) is 77.3. The number of carbonyl (C=O) groups excluding carboxylic acids is 5. The van der Waals surface area contributed by atoms with Crippen LogP contribution in [0.4, 0.5) is 35.1 Å². The van der Waals surface area contributed by atoms with Crippen molar-refractivity contribution in [2.75, 3.05) is 47.7 Å². The van der Waals surface area contributed by atoms with Gasteiger partial charge in [0.25, 0.3) is 0 Å². The van der Waals surface area contributed by atoms with E-state index < -0.39 is 95.3 Å². The van der Waals surface area contributed by atoms with Crippen LogP contribution in [0.5, 0.6) is 23.0 Å². The van der Waals surface area contributed by atoms with Crippen molar-refractivity contribution in [1.82, 2.24) is 63.8 Å². The van der Waals surface area contributed by atoms with E-state index in [4.69, 9.17) is 30.1 Å². The highest BCUT2D eigenvalue weighted by atomic mass is 32.2. The lowest BCUT2D eigenvalue weighted by atomic mass is 9.86. The van der Waals surface area contributed by atoms with Crippen molar-refractivity contribution in [2.45, 2.75) is 146 Å². The maximum absolute atomic E-state index is 14.8. The molecule has 0 spiro atoms. The number of benzene rings is 5. The number of primary amides is 1. The number of fused-ring (bicyclic) bond motifs is 4. The molecule has 4 aliphatic heterocycles. The third-order valence-electron chi connectivity index (χ3n) is 23.8. The van der Waals surface area contributed by atoms with Crippen molar-refractivity contribution in [3.05, 3.63) is 228 Å². The van der Waals surface area contributed by atoms with E-state index in [1.54, 1.807) is 103 Å². The number of ether oxygens (including phenoxy) is 5. The first kappa shape index (κ1) is 101. The largest absolute Gasteiger partial charge is 0.461 e. The number of halogens is 8. The van der Waals surface area contributed by atoms with Crippen molar-refractivity contribution in [1.29, 1.82) is 0 Å². The number of pyridine rings is 4. The van der Waals surface area contributed by atoms with Gasteiger partial charge in [-0.25, -0.2) is 52.8 Å². The number of alkyl halides is 6. The average Bonchev–Trinajstić information content (AvgIpc) is 1.43. The van der Waals surface area contributed by atoms with Crippen molar-refractivity contribution >= 4 is 103 Å². The molecular formula is C99H98F8N14O16S3. The second-order valence-electron chi connectivity index (χ2n) is 37.1. The van der Waals surface area contributed by atoms with E-state index in [2.05, 4.69) is 44.5 Å². The van der Waals surface area contributed by atoms with Gasteiger partial charge in [0.2, 0.25) is 24.6 Å². The minimum Gasteiger partial charge on any atom is -0.461 e. The van der Waals surface area contributed by atoms with Crippen LogP contribution in [0.15, 0.2) is 183 Å². The number of hydrogen-bond acceptors (Lipinski definition) is 25. The van der Waals surface area contributed by atoms with E-state index in [9.17, 15) is 84.3 Å². The van der Waals surface area contributed by atoms with Gasteiger partial charge in [-0.3, -0.25) is 62.5 Å². The quantitative estimate of drug-likeness (QED) is 0.0311. The van der Waals surface area contributed by atoms with Crippen LogP contribution in [0, 0.1) is 46.6 Å². The molecule has 5 aromatic carbocycles. The molecule has 14 aromatic rings. The number of nitrogens with two attached hydrogens (primary N) is 1. The summed E-state index contributed by atoms with van der Waals surface area (Å²) in [4.78, 5) is 89.8. The number of rotatable bonds is 31. The molecule has 140 heavy (non-hydrogen) atoms. The number of ketones is 4. The Balaban J connectivity index is 0.000000141. The van der Waals surface area contributed by atoms with Crippen molar-refractivity contribution in [3.8, 4) is 73.8 Å². The van der Waals surface area contributed by atoms with E-state index >= 15 is 0 Å². The number of amides is 1. The average molecular weight is 1990 g/mol. The first-order valence-electron chi connectivity index (χ1n) is 44.6. The Bertz CT molecular complexity index is 7430. The van der Waals surface area contributed by atoms with Gasteiger partial charge >= 0.3 is 13.2 Å². The van der Waals surface area contributed by atoms with Gasteiger partial charge in [0.05, 0.1) is 81.0 Å². The molecule has 0 bridgehead atoms. The highest BCUT2D eigenvalue weighted by molar-refractivity contribution is 7.93. The smallest absolute Gasteiger partial charge is 0.387 e. The maximum Gasteiger partial charge on any atom is 0.387 e. The second-order valence-corrected chi connectivity index (χ2v) is 43.3. The van der Waals surface area contributed by atoms with Gasteiger partial charge in [0.1, 0.15) is 68.5 Å². The summed E-state index contributed by atoms with van der Waals surface area (Å²) in [6.45, 7) is 11.7. The van der Waals surface area contributed by atoms with Crippen LogP contribution in [-0.2, 0) is 52.1 Å². The van der Waals surface area contributed by atoms with Crippen LogP contribution in [-0.4, -0.2) is 192 Å². The lowest BCUT2D eigenvalue weighted by molar-refractivity contribution is -0.120. The minimum atomic E-state index is -3.12. The lowest BCUT2D eigenvalue weighted by Crippen LogP contribution is -2.47. The molecule has 30 nitrogen and oxygen atoms in total. The molecule has 3 unspecified atom stereocenters. The van der Waals surface area contributed by atoms with Crippen molar-refractivity contribution < 1.29 is 108 Å². The third-order valence-corrected chi connectivity index (χ3v) is 30.7. The Hall–Kier alpha value is -13.7. The molecule has 13 heterocycles. The van der Waals surface area contributed by atoms with E-state index in [-0.39, 0.29) is 134 Å². The van der Waals surface area contributed by atoms with Gasteiger partial charge < -0.3 is 29.4 Å². The summed E-state index contributed by atoms with van der Waals surface area (Å²) in [5.74, 6) is -1.55. The van der Waals surface area contributed by atoms with Crippen LogP contribution >= 0.6 is 0 Å². The maximum atomic E-state index is 14.8. The SMILES string of the molecule is CC(C)CC(=O)c1cnc2c(-c3cccc(OC(C)F)c3)cn(-c3ncc(F)cn3)c2c1.CC(F)Oc1ccc(F)c(-c2nn(C(C)C(N)=O)c3cc(C(=O)CC4(C)CS(=O)(=O)C4)cnc23)c1.CC1(CC(=O)c2cnc3c(-c4cccc(OC(F)F)c4)nn(CC4CCOCC4)c3c2)CS(=O)(=O)C1.Cc1ccc(Cn2nc(-c3cccc(OC(F)F)c3)c3ncc(C(=O)CC4(C)CS(=O)(=O)C4)cc32)cc1. The number of aromatic nitrogens is 13. The summed E-state index contributed by atoms with van der Waals surface area (Å²) in [7, 11) is -9.26. The zero-order chi connectivity index (χ0) is 100. The molecule has 3 atom stereocenters. The summed E-state index contributed by atoms with van der Waals surface area (Å²) < 4.78 is 207. The molecule has 2 N–H and O–H groups in total. The molecule has 1 amide bonds. The molecule has 18 rings (SSSR count). The summed E-state index contributed by atoms with van der Waals surface area (Å²) in [5.41, 5.74) is 14.7. The number of Topliss-reactive ketones (excluding diaryl/α,β-unsaturated/α-hetero) is 4. The van der Waals surface area contributed by atoms with Gasteiger partial charge in [-0.2, -0.15) is 32.9 Å². The third kappa shape index (κ3) is 24.1. The standard InChI is InChI=1S/C27H25F2N3O4S.C25H27F2N3O5S.C24H22F2N4O2.C23H24F2N4O5S/c1-17-6-8-18(9-7-17)14-32-22-11-20(23(33)12-27(2)15-37(34,35)16-27)13-30-25(22)24(31-32)19-4-3-5-21(10-19)36-26(28)29;1-25(14-36(32,33)15-25)11-21(31)18-10-20-23(28-12-18)22(17-3-2-4-19(9-17)35-24(26)27)29-30(20)13-16-5-7-34-8-6-16;1-14(2)7-22(31)17-9-21-23(27-10-17)20(13-30(21)24-28-11-18(26)12-29-24)16-5-4-6-19(8-16)32-15(3)25;1-12(22(26)31)29-18-6-14(19(30)8-23(3)10-35(32,33)11-23)9-27-21(18)20(28-29)16-7-15(34-13(2)24)4-5-17(16)25/h3-11,13,26H,12,14-16H2,1-2H3;2-4,9-10,12,16,24H,5-8,11,13-15H2,1H3;4-6,8-15H,7H2,1-3H3;4-7,9,12-13H,8,10-11H2,1-3H3,(H2,26,31).